The van der Waals surface area contributed by atoms with Gasteiger partial charge in [0.25, 0.3) is 0 Å². The van der Waals surface area contributed by atoms with Crippen molar-refractivity contribution < 1.29 is 0 Å². The Morgan fingerprint density at radius 1 is 0.339 bits per heavy atom. The predicted molar refractivity (Wildman–Crippen MR) is 234 cm³/mol. The van der Waals surface area contributed by atoms with E-state index < -0.39 is 0 Å². The van der Waals surface area contributed by atoms with Crippen LogP contribution in [-0.4, -0.2) is 13.7 Å². The first kappa shape index (κ1) is 33.5. The Balaban J connectivity index is 1.42. The van der Waals surface area contributed by atoms with Crippen molar-refractivity contribution >= 4 is 65.4 Å². The van der Waals surface area contributed by atoms with Gasteiger partial charge in [-0.1, -0.05) is 84.9 Å². The third-order valence-corrected chi connectivity index (χ3v) is 11.5. The number of para-hydroxylation sites is 3. The summed E-state index contributed by atoms with van der Waals surface area (Å²) in [5.41, 5.74) is 12.1. The van der Waals surface area contributed by atoms with Gasteiger partial charge in [-0.05, 0) is 90.0 Å². The first-order chi connectivity index (χ1) is 29.1. The van der Waals surface area contributed by atoms with Crippen LogP contribution in [0, 0.1) is 45.3 Å². The molecule has 0 aliphatic heterocycles. The number of nitriles is 4. The Labute approximate surface area is 337 Å². The molecule has 270 valence electrons. The highest BCUT2D eigenvalue weighted by atomic mass is 15.0. The monoisotopic (exact) mass is 749 g/mol. The fraction of sp³-hybridized carbons (Fsp3) is 0. The molecule has 3 aromatic heterocycles. The van der Waals surface area contributed by atoms with E-state index in [2.05, 4.69) is 92.6 Å². The van der Waals surface area contributed by atoms with Gasteiger partial charge in [0.2, 0.25) is 0 Å². The minimum atomic E-state index is 0.496. The average molecular weight is 750 g/mol. The van der Waals surface area contributed by atoms with Crippen LogP contribution in [0.25, 0.3) is 93.6 Å². The van der Waals surface area contributed by atoms with Gasteiger partial charge in [-0.15, -0.1) is 0 Å². The van der Waals surface area contributed by atoms with Gasteiger partial charge in [-0.3, -0.25) is 0 Å². The van der Waals surface area contributed by atoms with Crippen molar-refractivity contribution in [2.45, 2.75) is 0 Å². The molecular weight excluding hydrogens is 723 g/mol. The van der Waals surface area contributed by atoms with Gasteiger partial charge in [0.05, 0.1) is 79.2 Å². The fourth-order valence-corrected chi connectivity index (χ4v) is 9.10. The van der Waals surface area contributed by atoms with Crippen molar-refractivity contribution in [3.63, 3.8) is 0 Å². The molecule has 0 saturated heterocycles. The van der Waals surface area contributed by atoms with Crippen LogP contribution in [-0.2, 0) is 0 Å². The van der Waals surface area contributed by atoms with Crippen molar-refractivity contribution in [2.24, 2.45) is 0 Å². The van der Waals surface area contributed by atoms with E-state index in [0.717, 1.165) is 93.6 Å². The van der Waals surface area contributed by atoms with Gasteiger partial charge in [-0.2, -0.15) is 21.0 Å². The second-order valence-electron chi connectivity index (χ2n) is 14.6. The Morgan fingerprint density at radius 2 is 0.780 bits per heavy atom. The lowest BCUT2D eigenvalue weighted by molar-refractivity contribution is 1.16. The summed E-state index contributed by atoms with van der Waals surface area (Å²) in [6.45, 7) is 0. The minimum absolute atomic E-state index is 0.496. The van der Waals surface area contributed by atoms with E-state index in [1.54, 1.807) is 12.1 Å². The van der Waals surface area contributed by atoms with Crippen LogP contribution in [0.4, 0.5) is 0 Å². The number of benzene rings is 8. The van der Waals surface area contributed by atoms with Crippen LogP contribution in [0.3, 0.4) is 0 Å². The molecule has 0 N–H and O–H groups in total. The lowest BCUT2D eigenvalue weighted by atomic mass is 10.0. The molecular formula is C52H27N7. The molecule has 0 unspecified atom stereocenters. The molecule has 7 heteroatoms. The molecule has 7 nitrogen and oxygen atoms in total. The quantitative estimate of drug-likeness (QED) is 0.178. The van der Waals surface area contributed by atoms with E-state index in [1.807, 2.05) is 97.1 Å². The molecule has 0 spiro atoms. The molecule has 0 aliphatic carbocycles. The Kier molecular flexibility index (Phi) is 7.28. The van der Waals surface area contributed by atoms with Gasteiger partial charge in [0.1, 0.15) is 6.07 Å². The maximum atomic E-state index is 10.9. The number of aromatic nitrogens is 3. The summed E-state index contributed by atoms with van der Waals surface area (Å²) < 4.78 is 6.79. The van der Waals surface area contributed by atoms with E-state index in [0.29, 0.717) is 22.3 Å². The summed E-state index contributed by atoms with van der Waals surface area (Å²) in [4.78, 5) is 0. The molecule has 0 aliphatic rings. The van der Waals surface area contributed by atoms with Crippen LogP contribution in [0.15, 0.2) is 164 Å². The van der Waals surface area contributed by atoms with Gasteiger partial charge in [0, 0.05) is 43.7 Å². The van der Waals surface area contributed by atoms with Crippen molar-refractivity contribution in [3.8, 4) is 52.5 Å². The zero-order valence-corrected chi connectivity index (χ0v) is 31.2. The Morgan fingerprint density at radius 3 is 1.25 bits per heavy atom. The summed E-state index contributed by atoms with van der Waals surface area (Å²) in [7, 11) is 0. The minimum Gasteiger partial charge on any atom is -0.308 e. The van der Waals surface area contributed by atoms with Crippen LogP contribution in [0.5, 0.6) is 0 Å². The predicted octanol–water partition coefficient (Wildman–Crippen LogP) is 12.1. The van der Waals surface area contributed by atoms with Crippen molar-refractivity contribution in [2.75, 3.05) is 0 Å². The van der Waals surface area contributed by atoms with Gasteiger partial charge in [0.15, 0.2) is 0 Å². The van der Waals surface area contributed by atoms with Crippen molar-refractivity contribution in [3.05, 3.63) is 186 Å². The zero-order valence-electron chi connectivity index (χ0n) is 31.2. The smallest absolute Gasteiger partial charge is 0.101 e. The van der Waals surface area contributed by atoms with E-state index in [4.69, 9.17) is 0 Å². The Bertz CT molecular complexity index is 3680. The van der Waals surface area contributed by atoms with Crippen molar-refractivity contribution in [1.29, 1.82) is 21.0 Å². The number of hydrogen-bond acceptors (Lipinski definition) is 4. The normalized spacial score (nSPS) is 11.3. The lowest BCUT2D eigenvalue weighted by Crippen LogP contribution is -2.00. The topological polar surface area (TPSA) is 110 Å². The van der Waals surface area contributed by atoms with E-state index >= 15 is 0 Å². The zero-order chi connectivity index (χ0) is 39.8. The first-order valence-electron chi connectivity index (χ1n) is 19.1. The second-order valence-corrected chi connectivity index (χ2v) is 14.6. The van der Waals surface area contributed by atoms with Crippen LogP contribution in [0.2, 0.25) is 0 Å². The lowest BCUT2D eigenvalue weighted by Gasteiger charge is -2.15. The largest absolute Gasteiger partial charge is 0.308 e. The average Bonchev–Trinajstić information content (AvgIpc) is 3.95. The molecule has 0 atom stereocenters. The molecule has 0 radical (unpaired) electrons. The maximum Gasteiger partial charge on any atom is 0.101 e. The SMILES string of the molecule is N#Cc1ccc(-c2ccc(-n3c4ccccc4c4c5c(c6ccccc6n5-c5cccc(C#N)c5)c5c(c6ccccc6n5-c5cccc(C#N)c5)c43)c(C#N)c2)cc1. The molecule has 11 rings (SSSR count). The third kappa shape index (κ3) is 4.78. The molecule has 11 aromatic rings. The number of nitrogens with zero attached hydrogens (tertiary/aromatic N) is 7. The molecule has 59 heavy (non-hydrogen) atoms. The summed E-state index contributed by atoms with van der Waals surface area (Å²) in [5, 5.41) is 46.7. The van der Waals surface area contributed by atoms with E-state index in [1.165, 1.54) is 0 Å². The summed E-state index contributed by atoms with van der Waals surface area (Å²) in [5.74, 6) is 0. The van der Waals surface area contributed by atoms with Gasteiger partial charge < -0.3 is 13.7 Å². The molecule has 8 aromatic carbocycles. The molecule has 0 amide bonds. The summed E-state index contributed by atoms with van der Waals surface area (Å²) >= 11 is 0. The third-order valence-electron chi connectivity index (χ3n) is 11.5. The molecule has 0 fully saturated rings. The highest BCUT2D eigenvalue weighted by molar-refractivity contribution is 6.40. The highest BCUT2D eigenvalue weighted by Crippen LogP contribution is 2.50. The Hall–Kier alpha value is -8.88. The first-order valence-corrected chi connectivity index (χ1v) is 19.1. The molecule has 0 bridgehead atoms. The molecule has 0 saturated carbocycles. The van der Waals surface area contributed by atoms with Crippen LogP contribution >= 0.6 is 0 Å². The van der Waals surface area contributed by atoms with Gasteiger partial charge in [-0.25, -0.2) is 0 Å². The van der Waals surface area contributed by atoms with E-state index in [-0.39, 0.29) is 0 Å². The number of fused-ring (bicyclic) bond motifs is 12. The number of rotatable bonds is 4. The molecule has 3 heterocycles. The van der Waals surface area contributed by atoms with Crippen molar-refractivity contribution in [1.82, 2.24) is 13.7 Å². The summed E-state index contributed by atoms with van der Waals surface area (Å²) in [6.07, 6.45) is 0. The van der Waals surface area contributed by atoms with E-state index in [9.17, 15) is 21.0 Å². The maximum absolute atomic E-state index is 10.9. The second kappa shape index (κ2) is 12.8. The summed E-state index contributed by atoms with van der Waals surface area (Å²) in [6, 6.07) is 63.4. The van der Waals surface area contributed by atoms with Gasteiger partial charge >= 0.3 is 0 Å². The van der Waals surface area contributed by atoms with Crippen LogP contribution in [0.1, 0.15) is 22.3 Å². The number of hydrogen-bond donors (Lipinski definition) is 0. The standard InChI is InChI=1S/C52H27N7/c53-28-32-19-21-35(22-20-32)36-23-24-43(37(27-36)31-56)59-46-18-6-3-15-42(46)49-51-47(40-13-1-4-16-44(40)57(51)38-11-7-9-33(25-38)29-54)50-48(52(49)59)41-14-2-5-17-45(41)58(50)39-12-8-10-34(26-39)30-55/h1-27H. The highest BCUT2D eigenvalue weighted by Gasteiger charge is 2.29. The van der Waals surface area contributed by atoms with Crippen LogP contribution < -0.4 is 0 Å². The fourth-order valence-electron chi connectivity index (χ4n) is 9.10.